The Morgan fingerprint density at radius 2 is 1.25 bits per heavy atom. The minimum absolute atomic E-state index is 0.0114. The number of alkyl halides is 4. The first-order valence-corrected chi connectivity index (χ1v) is 16.5. The van der Waals surface area contributed by atoms with Crippen molar-refractivity contribution in [1.82, 2.24) is 10.0 Å². The summed E-state index contributed by atoms with van der Waals surface area (Å²) in [6.07, 6.45) is 0. The minimum Gasteiger partial charge on any atom is -0.457 e. The number of ketones is 1. The maximum atomic E-state index is 14.1. The maximum Gasteiger partial charge on any atom is 0.273 e. The molecular weight excluding hydrogens is 798 g/mol. The summed E-state index contributed by atoms with van der Waals surface area (Å²) in [6, 6.07) is 14.8. The van der Waals surface area contributed by atoms with E-state index in [4.69, 9.17) is 97.5 Å². The lowest BCUT2D eigenvalue weighted by Crippen LogP contribution is -2.56. The number of fused-ring (bicyclic) bond motifs is 5. The zero-order valence-corrected chi connectivity index (χ0v) is 29.5. The van der Waals surface area contributed by atoms with Crippen molar-refractivity contribution in [3.05, 3.63) is 108 Å². The van der Waals surface area contributed by atoms with Crippen LogP contribution in [0.15, 0.2) is 76.8 Å². The number of nitro benzene ring substituents is 1. The minimum atomic E-state index is -2.21. The van der Waals surface area contributed by atoms with Gasteiger partial charge in [0.15, 0.2) is 10.1 Å². The highest BCUT2D eigenvalue weighted by Crippen LogP contribution is 2.77. The third kappa shape index (κ3) is 4.99. The normalized spacial score (nSPS) is 25.4. The summed E-state index contributed by atoms with van der Waals surface area (Å²) in [5.41, 5.74) is -0.179. The summed E-state index contributed by atoms with van der Waals surface area (Å²) in [4.78, 5) is 61.8. The van der Waals surface area contributed by atoms with Crippen molar-refractivity contribution < 1.29 is 28.8 Å². The molecule has 3 aromatic carbocycles. The monoisotopic (exact) mass is 809 g/mol. The number of nitrogens with zero attached hydrogens (tertiary/aromatic N) is 3. The zero-order chi connectivity index (χ0) is 35.1. The van der Waals surface area contributed by atoms with E-state index in [0.29, 0.717) is 15.8 Å². The van der Waals surface area contributed by atoms with Crippen molar-refractivity contribution in [2.45, 2.75) is 14.1 Å². The first kappa shape index (κ1) is 35.0. The van der Waals surface area contributed by atoms with Crippen LogP contribution in [0.25, 0.3) is 0 Å². The molecule has 1 saturated heterocycles. The van der Waals surface area contributed by atoms with Crippen LogP contribution >= 0.6 is 92.8 Å². The Kier molecular flexibility index (Phi) is 8.91. The highest BCUT2D eigenvalue weighted by molar-refractivity contribution is 6.66. The molecule has 0 radical (unpaired) electrons. The van der Waals surface area contributed by atoms with Gasteiger partial charge in [0.25, 0.3) is 23.4 Å². The summed E-state index contributed by atoms with van der Waals surface area (Å²) >= 11 is 51.7. The third-order valence-electron chi connectivity index (χ3n) is 8.28. The third-order valence-corrected chi connectivity index (χ3v) is 13.3. The molecular formula is C30H15Cl8N3O7. The van der Waals surface area contributed by atoms with Crippen LogP contribution in [-0.2, 0) is 9.59 Å². The number of hydrogen-bond acceptors (Lipinski definition) is 7. The smallest absolute Gasteiger partial charge is 0.273 e. The molecule has 0 unspecified atom stereocenters. The second kappa shape index (κ2) is 12.2. The summed E-state index contributed by atoms with van der Waals surface area (Å²) in [7, 11) is 0. The topological polar surface area (TPSA) is 127 Å². The number of hydrogen-bond donors (Lipinski definition) is 0. The van der Waals surface area contributed by atoms with Crippen LogP contribution in [0, 0.1) is 22.0 Å². The quantitative estimate of drug-likeness (QED) is 0.0736. The van der Waals surface area contributed by atoms with E-state index in [1.807, 2.05) is 0 Å². The van der Waals surface area contributed by atoms with Crippen molar-refractivity contribution in [3.63, 3.8) is 0 Å². The average molecular weight is 813 g/mol. The molecule has 1 heterocycles. The number of carbonyl (C=O) groups is 4. The lowest BCUT2D eigenvalue weighted by Gasteiger charge is -2.36. The zero-order valence-electron chi connectivity index (χ0n) is 23.4. The molecule has 3 aromatic rings. The van der Waals surface area contributed by atoms with E-state index in [9.17, 15) is 29.3 Å². The molecule has 0 spiro atoms. The molecule has 4 atom stereocenters. The number of ether oxygens (including phenoxy) is 1. The van der Waals surface area contributed by atoms with Gasteiger partial charge < -0.3 is 4.74 Å². The van der Waals surface area contributed by atoms with Crippen LogP contribution in [0.4, 0.5) is 5.69 Å². The summed E-state index contributed by atoms with van der Waals surface area (Å²) < 4.78 is 3.47. The number of amides is 3. The van der Waals surface area contributed by atoms with Gasteiger partial charge in [0.2, 0.25) is 0 Å². The lowest BCUT2D eigenvalue weighted by molar-refractivity contribution is -0.384. The predicted octanol–water partition coefficient (Wildman–Crippen LogP) is 8.38. The van der Waals surface area contributed by atoms with Crippen LogP contribution in [-0.4, -0.2) is 59.1 Å². The fourth-order valence-electron chi connectivity index (χ4n) is 5.94. The molecule has 1 aliphatic heterocycles. The van der Waals surface area contributed by atoms with E-state index < -0.39 is 60.9 Å². The van der Waals surface area contributed by atoms with Gasteiger partial charge in [-0.3, -0.25) is 29.3 Å². The largest absolute Gasteiger partial charge is 0.457 e. The highest BCUT2D eigenvalue weighted by atomic mass is 35.5. The predicted molar refractivity (Wildman–Crippen MR) is 181 cm³/mol. The average Bonchev–Trinajstić information content (AvgIpc) is 3.44. The van der Waals surface area contributed by atoms with Crippen molar-refractivity contribution in [2.75, 3.05) is 6.54 Å². The number of imide groups is 1. The van der Waals surface area contributed by atoms with E-state index in [1.54, 1.807) is 0 Å². The van der Waals surface area contributed by atoms with Gasteiger partial charge >= 0.3 is 0 Å². The number of halogens is 8. The molecule has 18 heteroatoms. The Hall–Kier alpha value is -2.80. The molecule has 3 aliphatic rings. The number of Topliss-reactive ketones (excluding diaryl/α,β-unsaturated/α-hetero) is 1. The second-order valence-electron chi connectivity index (χ2n) is 10.9. The summed E-state index contributed by atoms with van der Waals surface area (Å²) in [5, 5.41) is 11.5. The number of non-ortho nitro benzene ring substituents is 1. The van der Waals surface area contributed by atoms with Crippen LogP contribution in [0.1, 0.15) is 20.7 Å². The van der Waals surface area contributed by atoms with E-state index in [-0.39, 0.29) is 42.7 Å². The number of rotatable bonds is 8. The van der Waals surface area contributed by atoms with Gasteiger partial charge in [0.05, 0.1) is 36.9 Å². The Bertz CT molecular complexity index is 1930. The van der Waals surface area contributed by atoms with E-state index >= 15 is 0 Å². The van der Waals surface area contributed by atoms with Gasteiger partial charge in [0, 0.05) is 23.3 Å². The molecule has 48 heavy (non-hydrogen) atoms. The van der Waals surface area contributed by atoms with Crippen LogP contribution in [0.2, 0.25) is 10.0 Å². The Labute approximate surface area is 311 Å². The van der Waals surface area contributed by atoms with Crippen molar-refractivity contribution in [3.8, 4) is 11.5 Å². The summed E-state index contributed by atoms with van der Waals surface area (Å²) in [5.74, 6) is -6.34. The molecule has 248 valence electrons. The van der Waals surface area contributed by atoms with Crippen molar-refractivity contribution in [1.29, 1.82) is 0 Å². The highest BCUT2D eigenvalue weighted by Gasteiger charge is 2.88. The van der Waals surface area contributed by atoms with E-state index in [2.05, 4.69) is 0 Å². The summed E-state index contributed by atoms with van der Waals surface area (Å²) in [6.45, 7) is -0.828. The molecule has 2 aliphatic carbocycles. The lowest BCUT2D eigenvalue weighted by atomic mass is 9.84. The maximum absolute atomic E-state index is 14.1. The van der Waals surface area contributed by atoms with Crippen LogP contribution in [0.3, 0.4) is 0 Å². The number of benzene rings is 3. The Morgan fingerprint density at radius 3 is 1.73 bits per heavy atom. The molecule has 0 N–H and O–H groups in total. The van der Waals surface area contributed by atoms with E-state index in [0.717, 1.165) is 0 Å². The van der Waals surface area contributed by atoms with Gasteiger partial charge in [-0.2, -0.15) is 5.01 Å². The van der Waals surface area contributed by atoms with Gasteiger partial charge in [-0.05, 0) is 54.6 Å². The van der Waals surface area contributed by atoms with Gasteiger partial charge in [-0.25, -0.2) is 5.01 Å². The molecule has 0 aromatic heterocycles. The number of hydrazine groups is 1. The molecule has 10 nitrogen and oxygen atoms in total. The van der Waals surface area contributed by atoms with Crippen molar-refractivity contribution >= 4 is 122 Å². The fourth-order valence-corrected chi connectivity index (χ4v) is 9.17. The number of allylic oxidation sites excluding steroid dienone is 2. The molecule has 2 fully saturated rings. The number of nitro groups is 1. The van der Waals surface area contributed by atoms with Gasteiger partial charge in [0.1, 0.15) is 27.8 Å². The van der Waals surface area contributed by atoms with Crippen molar-refractivity contribution in [2.24, 2.45) is 11.8 Å². The van der Waals surface area contributed by atoms with Crippen LogP contribution < -0.4 is 4.74 Å². The standard InChI is InChI=1S/C30H15Cl8N3O7/c31-18-10-3-14(11-19(18)32)25(43)39(12-20(42)13-1-6-16(7-2-13)48-17-8-4-15(5-9-17)41(46)47)40-26(44)21-22(27(40)45)29(36)24(34)23(33)28(21,35)30(29,37)38/h1-11,21-22H,12H2/t21-,22+,28-,29-/m1/s1. The van der Waals surface area contributed by atoms with Gasteiger partial charge in [-0.1, -0.05) is 69.6 Å². The second-order valence-corrected chi connectivity index (χ2v) is 15.0. The molecule has 3 amide bonds. The Morgan fingerprint density at radius 1 is 0.771 bits per heavy atom. The van der Waals surface area contributed by atoms with Gasteiger partial charge in [-0.15, -0.1) is 23.2 Å². The van der Waals surface area contributed by atoms with Crippen LogP contribution in [0.5, 0.6) is 11.5 Å². The Balaban J connectivity index is 1.32. The number of carbonyl (C=O) groups excluding carboxylic acids is 4. The fraction of sp³-hybridized carbons (Fsp3) is 0.200. The first-order chi connectivity index (χ1) is 22.5. The molecule has 6 rings (SSSR count). The SMILES string of the molecule is O=C(CN(C(=O)c1ccc(Cl)c(Cl)c1)N1C(=O)[C@@H]2[C@H](C1=O)[C@@]1(Cl)C(Cl)=C(Cl)[C@@]2(Cl)C1(Cl)Cl)c1ccc(Oc2ccc([N+](=O)[O-])cc2)cc1. The molecule has 2 bridgehead atoms. The van der Waals surface area contributed by atoms with E-state index in [1.165, 1.54) is 66.7 Å². The molecule has 1 saturated carbocycles. The first-order valence-electron chi connectivity index (χ1n) is 13.5.